The second kappa shape index (κ2) is 11.3. The maximum atomic E-state index is 14.4. The fourth-order valence-electron chi connectivity index (χ4n) is 3.45. The monoisotopic (exact) mass is 477 g/mol. The van der Waals surface area contributed by atoms with Crippen LogP contribution in [0.2, 0.25) is 0 Å². The van der Waals surface area contributed by atoms with Gasteiger partial charge in [0.15, 0.2) is 0 Å². The molecule has 0 saturated carbocycles. The first-order valence-electron chi connectivity index (χ1n) is 10.8. The highest BCUT2D eigenvalue weighted by molar-refractivity contribution is 7.92. The fraction of sp³-hybridized carbons (Fsp3) is 0.417. The number of carbonyl (C=O) groups is 2. The van der Waals surface area contributed by atoms with Crippen molar-refractivity contribution in [1.29, 1.82) is 0 Å². The number of sulfonamides is 1. The van der Waals surface area contributed by atoms with Gasteiger partial charge in [0.25, 0.3) is 0 Å². The van der Waals surface area contributed by atoms with E-state index in [-0.39, 0.29) is 18.2 Å². The topological polar surface area (TPSA) is 86.8 Å². The second-order valence-corrected chi connectivity index (χ2v) is 10.1. The van der Waals surface area contributed by atoms with Crippen LogP contribution < -0.4 is 9.62 Å². The van der Waals surface area contributed by atoms with Crippen molar-refractivity contribution in [1.82, 2.24) is 10.2 Å². The van der Waals surface area contributed by atoms with E-state index in [1.165, 1.54) is 23.1 Å². The van der Waals surface area contributed by atoms with E-state index < -0.39 is 40.2 Å². The van der Waals surface area contributed by atoms with Gasteiger partial charge in [0.2, 0.25) is 21.8 Å². The van der Waals surface area contributed by atoms with Crippen LogP contribution in [-0.2, 0) is 32.6 Å². The number of carbonyl (C=O) groups excluding carboxylic acids is 2. The summed E-state index contributed by atoms with van der Waals surface area (Å²) in [5.41, 5.74) is 1.40. The lowest BCUT2D eigenvalue weighted by atomic mass is 10.1. The molecule has 2 aromatic rings. The van der Waals surface area contributed by atoms with Gasteiger partial charge >= 0.3 is 0 Å². The van der Waals surface area contributed by atoms with Crippen LogP contribution in [0.4, 0.5) is 10.1 Å². The van der Waals surface area contributed by atoms with Crippen LogP contribution in [0.5, 0.6) is 0 Å². The third kappa shape index (κ3) is 7.02. The van der Waals surface area contributed by atoms with Crippen LogP contribution in [-0.4, -0.2) is 50.0 Å². The summed E-state index contributed by atoms with van der Waals surface area (Å²) in [5, 5.41) is 2.75. The van der Waals surface area contributed by atoms with E-state index in [0.717, 1.165) is 16.1 Å². The van der Waals surface area contributed by atoms with E-state index in [2.05, 4.69) is 5.32 Å². The Balaban J connectivity index is 2.44. The van der Waals surface area contributed by atoms with E-state index in [4.69, 9.17) is 0 Å². The van der Waals surface area contributed by atoms with Gasteiger partial charge in [0.05, 0.1) is 11.9 Å². The van der Waals surface area contributed by atoms with Crippen molar-refractivity contribution in [2.75, 3.05) is 17.1 Å². The highest BCUT2D eigenvalue weighted by atomic mass is 32.2. The summed E-state index contributed by atoms with van der Waals surface area (Å²) in [6, 6.07) is 11.8. The SMILES string of the molecule is CCc1ccccc1N(CC(=O)N(Cc1ccccc1F)[C@H](C)C(=O)NC(C)C)S(C)(=O)=O. The van der Waals surface area contributed by atoms with E-state index in [1.54, 1.807) is 51.1 Å². The summed E-state index contributed by atoms with van der Waals surface area (Å²) >= 11 is 0. The average Bonchev–Trinajstić information content (AvgIpc) is 2.75. The van der Waals surface area contributed by atoms with Gasteiger partial charge in [0.1, 0.15) is 18.4 Å². The number of halogens is 1. The van der Waals surface area contributed by atoms with Crippen LogP contribution in [0.3, 0.4) is 0 Å². The lowest BCUT2D eigenvalue weighted by Crippen LogP contribution is -2.52. The zero-order chi connectivity index (χ0) is 24.8. The first kappa shape index (κ1) is 26.3. The Bertz CT molecular complexity index is 1090. The van der Waals surface area contributed by atoms with Crippen molar-refractivity contribution in [3.8, 4) is 0 Å². The first-order chi connectivity index (χ1) is 15.5. The first-order valence-corrected chi connectivity index (χ1v) is 12.7. The number of hydrogen-bond acceptors (Lipinski definition) is 4. The minimum Gasteiger partial charge on any atom is -0.352 e. The summed E-state index contributed by atoms with van der Waals surface area (Å²) < 4.78 is 40.7. The van der Waals surface area contributed by atoms with Crippen molar-refractivity contribution in [2.45, 2.75) is 52.7 Å². The number of aryl methyl sites for hydroxylation is 1. The molecule has 2 amide bonds. The molecule has 33 heavy (non-hydrogen) atoms. The molecule has 0 bridgehead atoms. The molecule has 1 atom stereocenters. The summed E-state index contributed by atoms with van der Waals surface area (Å²) in [7, 11) is -3.81. The molecular weight excluding hydrogens is 445 g/mol. The highest BCUT2D eigenvalue weighted by Crippen LogP contribution is 2.24. The smallest absolute Gasteiger partial charge is 0.244 e. The highest BCUT2D eigenvalue weighted by Gasteiger charge is 2.31. The third-order valence-electron chi connectivity index (χ3n) is 5.22. The number of nitrogens with zero attached hydrogens (tertiary/aromatic N) is 2. The van der Waals surface area contributed by atoms with Gasteiger partial charge in [0, 0.05) is 18.2 Å². The number of hydrogen-bond donors (Lipinski definition) is 1. The Hall–Kier alpha value is -2.94. The molecule has 0 heterocycles. The predicted molar refractivity (Wildman–Crippen MR) is 128 cm³/mol. The van der Waals surface area contributed by atoms with Gasteiger partial charge in [-0.25, -0.2) is 12.8 Å². The van der Waals surface area contributed by atoms with Gasteiger partial charge in [-0.1, -0.05) is 43.3 Å². The van der Waals surface area contributed by atoms with E-state index >= 15 is 0 Å². The van der Waals surface area contributed by atoms with Crippen LogP contribution in [0, 0.1) is 5.82 Å². The van der Waals surface area contributed by atoms with Crippen molar-refractivity contribution >= 4 is 27.5 Å². The fourth-order valence-corrected chi connectivity index (χ4v) is 4.33. The Morgan fingerprint density at radius 3 is 2.12 bits per heavy atom. The van der Waals surface area contributed by atoms with Crippen molar-refractivity contribution in [2.24, 2.45) is 0 Å². The standard InChI is InChI=1S/C24H32FN3O4S/c1-6-19-11-8-10-14-22(19)28(33(5,31)32)16-23(29)27(18(4)24(30)26-17(2)3)15-20-12-7-9-13-21(20)25/h7-14,17-18H,6,15-16H2,1-5H3,(H,26,30)/t18-/m1/s1. The largest absolute Gasteiger partial charge is 0.352 e. The molecule has 2 rings (SSSR count). The van der Waals surface area contributed by atoms with Gasteiger partial charge in [-0.05, 0) is 44.9 Å². The predicted octanol–water partition coefficient (Wildman–Crippen LogP) is 3.10. The molecular formula is C24H32FN3O4S. The zero-order valence-electron chi connectivity index (χ0n) is 19.7. The molecule has 1 N–H and O–H groups in total. The molecule has 0 unspecified atom stereocenters. The van der Waals surface area contributed by atoms with Crippen LogP contribution in [0.15, 0.2) is 48.5 Å². The summed E-state index contributed by atoms with van der Waals surface area (Å²) in [4.78, 5) is 27.3. The molecule has 0 aliphatic carbocycles. The Kier molecular flexibility index (Phi) is 8.99. The minimum absolute atomic E-state index is 0.158. The number of para-hydroxylation sites is 1. The number of benzene rings is 2. The molecule has 0 aliphatic heterocycles. The lowest BCUT2D eigenvalue weighted by Gasteiger charge is -2.32. The molecule has 0 spiro atoms. The molecule has 0 aliphatic rings. The molecule has 9 heteroatoms. The van der Waals surface area contributed by atoms with Crippen molar-refractivity contribution < 1.29 is 22.4 Å². The van der Waals surface area contributed by atoms with Crippen LogP contribution in [0.1, 0.15) is 38.8 Å². The minimum atomic E-state index is -3.81. The molecule has 7 nitrogen and oxygen atoms in total. The summed E-state index contributed by atoms with van der Waals surface area (Å²) in [6.45, 7) is 6.33. The zero-order valence-corrected chi connectivity index (χ0v) is 20.5. The maximum Gasteiger partial charge on any atom is 0.244 e. The second-order valence-electron chi connectivity index (χ2n) is 8.20. The molecule has 180 valence electrons. The molecule has 0 fully saturated rings. The van der Waals surface area contributed by atoms with Crippen molar-refractivity contribution in [3.05, 3.63) is 65.5 Å². The molecule has 0 saturated heterocycles. The quantitative estimate of drug-likeness (QED) is 0.570. The Morgan fingerprint density at radius 2 is 1.58 bits per heavy atom. The molecule has 2 aromatic carbocycles. The van der Waals surface area contributed by atoms with E-state index in [0.29, 0.717) is 12.1 Å². The van der Waals surface area contributed by atoms with Crippen LogP contribution >= 0.6 is 0 Å². The molecule has 0 radical (unpaired) electrons. The molecule has 0 aromatic heterocycles. The lowest BCUT2D eigenvalue weighted by molar-refractivity contribution is -0.139. The van der Waals surface area contributed by atoms with Gasteiger partial charge < -0.3 is 10.2 Å². The van der Waals surface area contributed by atoms with Gasteiger partial charge in [-0.2, -0.15) is 0 Å². The maximum absolute atomic E-state index is 14.4. The Labute approximate surface area is 195 Å². The van der Waals surface area contributed by atoms with Gasteiger partial charge in [-0.3, -0.25) is 13.9 Å². The number of rotatable bonds is 10. The number of amides is 2. The number of nitrogens with one attached hydrogen (secondary N) is 1. The third-order valence-corrected chi connectivity index (χ3v) is 6.34. The normalized spacial score (nSPS) is 12.3. The van der Waals surface area contributed by atoms with Crippen molar-refractivity contribution in [3.63, 3.8) is 0 Å². The average molecular weight is 478 g/mol. The summed E-state index contributed by atoms with van der Waals surface area (Å²) in [5.74, 6) is -1.53. The van der Waals surface area contributed by atoms with E-state index in [9.17, 15) is 22.4 Å². The van der Waals surface area contributed by atoms with Gasteiger partial charge in [-0.15, -0.1) is 0 Å². The number of anilines is 1. The van der Waals surface area contributed by atoms with Crippen LogP contribution in [0.25, 0.3) is 0 Å². The Morgan fingerprint density at radius 1 is 1.00 bits per heavy atom. The van der Waals surface area contributed by atoms with E-state index in [1.807, 2.05) is 6.92 Å². The summed E-state index contributed by atoms with van der Waals surface area (Å²) in [6.07, 6.45) is 1.60.